The SMILES string of the molecule is CN1CCCC(N(C)S(=O)(=O)N2CCCCC2CN)C1. The summed E-state index contributed by atoms with van der Waals surface area (Å²) in [4.78, 5) is 2.21. The summed E-state index contributed by atoms with van der Waals surface area (Å²) in [6.45, 7) is 2.89. The molecule has 2 heterocycles. The van der Waals surface area contributed by atoms with Crippen molar-refractivity contribution >= 4 is 10.2 Å². The molecule has 118 valence electrons. The lowest BCUT2D eigenvalue weighted by atomic mass is 10.1. The Bertz CT molecular complexity index is 415. The average Bonchev–Trinajstić information content (AvgIpc) is 2.46. The Morgan fingerprint density at radius 2 is 1.95 bits per heavy atom. The van der Waals surface area contributed by atoms with Crippen LogP contribution in [-0.4, -0.2) is 74.3 Å². The molecule has 0 spiro atoms. The van der Waals surface area contributed by atoms with Gasteiger partial charge in [0.15, 0.2) is 0 Å². The maximum absolute atomic E-state index is 12.8. The van der Waals surface area contributed by atoms with Crippen molar-refractivity contribution in [3.8, 4) is 0 Å². The standard InChI is InChI=1S/C13H28N4O2S/c1-15-8-5-7-13(11-15)16(2)20(18,19)17-9-4-3-6-12(17)10-14/h12-13H,3-11,14H2,1-2H3. The van der Waals surface area contributed by atoms with E-state index in [4.69, 9.17) is 5.73 Å². The summed E-state index contributed by atoms with van der Waals surface area (Å²) in [7, 11) is 0.389. The van der Waals surface area contributed by atoms with Crippen LogP contribution >= 0.6 is 0 Å². The summed E-state index contributed by atoms with van der Waals surface area (Å²) in [6, 6.07) is 0.0524. The van der Waals surface area contributed by atoms with Crippen LogP contribution < -0.4 is 5.73 Å². The van der Waals surface area contributed by atoms with Crippen molar-refractivity contribution in [3.63, 3.8) is 0 Å². The van der Waals surface area contributed by atoms with Crippen LogP contribution in [0.2, 0.25) is 0 Å². The molecule has 2 fully saturated rings. The summed E-state index contributed by atoms with van der Waals surface area (Å²) in [5, 5.41) is 0. The van der Waals surface area contributed by atoms with Gasteiger partial charge in [0.2, 0.25) is 0 Å². The van der Waals surface area contributed by atoms with Gasteiger partial charge in [-0.05, 0) is 39.3 Å². The zero-order chi connectivity index (χ0) is 14.8. The molecule has 0 saturated carbocycles. The molecular weight excluding hydrogens is 276 g/mol. The van der Waals surface area contributed by atoms with Gasteiger partial charge in [-0.2, -0.15) is 17.0 Å². The molecule has 0 amide bonds. The fourth-order valence-electron chi connectivity index (χ4n) is 3.30. The van der Waals surface area contributed by atoms with Crippen molar-refractivity contribution in [1.82, 2.24) is 13.5 Å². The van der Waals surface area contributed by atoms with E-state index in [1.165, 1.54) is 0 Å². The van der Waals surface area contributed by atoms with Gasteiger partial charge >= 0.3 is 0 Å². The Morgan fingerprint density at radius 1 is 1.20 bits per heavy atom. The van der Waals surface area contributed by atoms with Crippen LogP contribution in [0, 0.1) is 0 Å². The molecule has 2 aliphatic heterocycles. The summed E-state index contributed by atoms with van der Waals surface area (Å²) >= 11 is 0. The first-order chi connectivity index (χ1) is 9.46. The number of hydrogen-bond acceptors (Lipinski definition) is 4. The van der Waals surface area contributed by atoms with Crippen LogP contribution in [-0.2, 0) is 10.2 Å². The molecule has 0 aromatic rings. The second-order valence-electron chi connectivity index (χ2n) is 6.08. The Hall–Kier alpha value is -0.210. The van der Waals surface area contributed by atoms with Crippen molar-refractivity contribution in [1.29, 1.82) is 0 Å². The molecule has 2 rings (SSSR count). The van der Waals surface area contributed by atoms with Gasteiger partial charge in [0.1, 0.15) is 0 Å². The highest BCUT2D eigenvalue weighted by atomic mass is 32.2. The Labute approximate surface area is 123 Å². The van der Waals surface area contributed by atoms with E-state index in [0.717, 1.165) is 45.2 Å². The third-order valence-corrected chi connectivity index (χ3v) is 6.72. The zero-order valence-corrected chi connectivity index (χ0v) is 13.5. The van der Waals surface area contributed by atoms with Crippen molar-refractivity contribution in [2.45, 2.75) is 44.2 Å². The average molecular weight is 304 g/mol. The molecule has 0 radical (unpaired) electrons. The van der Waals surface area contributed by atoms with Gasteiger partial charge in [-0.15, -0.1) is 0 Å². The quantitative estimate of drug-likeness (QED) is 0.798. The monoisotopic (exact) mass is 304 g/mol. The van der Waals surface area contributed by atoms with Crippen LogP contribution in [0.25, 0.3) is 0 Å². The molecule has 6 nitrogen and oxygen atoms in total. The lowest BCUT2D eigenvalue weighted by Crippen LogP contribution is -2.56. The second-order valence-corrected chi connectivity index (χ2v) is 8.02. The summed E-state index contributed by atoms with van der Waals surface area (Å²) in [5.41, 5.74) is 5.76. The fourth-order valence-corrected chi connectivity index (χ4v) is 5.11. The van der Waals surface area contributed by atoms with Crippen molar-refractivity contribution in [3.05, 3.63) is 0 Å². The number of likely N-dealkylation sites (tertiary alicyclic amines) is 1. The van der Waals surface area contributed by atoms with Gasteiger partial charge in [0.05, 0.1) is 0 Å². The van der Waals surface area contributed by atoms with Crippen LogP contribution in [0.3, 0.4) is 0 Å². The van der Waals surface area contributed by atoms with E-state index in [0.29, 0.717) is 13.1 Å². The third kappa shape index (κ3) is 3.33. The predicted octanol–water partition coefficient (Wildman–Crippen LogP) is 0.0704. The predicted molar refractivity (Wildman–Crippen MR) is 80.6 cm³/mol. The Morgan fingerprint density at radius 3 is 2.60 bits per heavy atom. The molecule has 2 atom stereocenters. The van der Waals surface area contributed by atoms with E-state index in [2.05, 4.69) is 11.9 Å². The highest BCUT2D eigenvalue weighted by Gasteiger charge is 2.37. The normalized spacial score (nSPS) is 30.8. The minimum absolute atomic E-state index is 0.0301. The topological polar surface area (TPSA) is 69.9 Å². The van der Waals surface area contributed by atoms with Gasteiger partial charge in [-0.25, -0.2) is 0 Å². The van der Waals surface area contributed by atoms with E-state index >= 15 is 0 Å². The molecule has 7 heteroatoms. The molecule has 2 saturated heterocycles. The van der Waals surface area contributed by atoms with Crippen LogP contribution in [0.4, 0.5) is 0 Å². The number of hydrogen-bond donors (Lipinski definition) is 1. The van der Waals surface area contributed by atoms with Gasteiger partial charge in [0.25, 0.3) is 10.2 Å². The van der Waals surface area contributed by atoms with E-state index in [1.807, 2.05) is 0 Å². The van der Waals surface area contributed by atoms with Crippen molar-refractivity contribution in [2.75, 3.05) is 40.3 Å². The summed E-state index contributed by atoms with van der Waals surface area (Å²) in [6.07, 6.45) is 4.90. The molecule has 0 aromatic carbocycles. The van der Waals surface area contributed by atoms with Crippen molar-refractivity contribution < 1.29 is 8.42 Å². The molecule has 2 aliphatic rings. The molecule has 2 unspecified atom stereocenters. The smallest absolute Gasteiger partial charge is 0.282 e. The van der Waals surface area contributed by atoms with Crippen molar-refractivity contribution in [2.24, 2.45) is 5.73 Å². The van der Waals surface area contributed by atoms with Gasteiger partial charge in [-0.1, -0.05) is 6.42 Å². The maximum Gasteiger partial charge on any atom is 0.282 e. The second kappa shape index (κ2) is 6.70. The van der Waals surface area contributed by atoms with Crippen LogP contribution in [0.15, 0.2) is 0 Å². The summed E-state index contributed by atoms with van der Waals surface area (Å²) in [5.74, 6) is 0. The Kier molecular flexibility index (Phi) is 5.42. The third-order valence-electron chi connectivity index (χ3n) is 4.62. The van der Waals surface area contributed by atoms with E-state index in [-0.39, 0.29) is 12.1 Å². The highest BCUT2D eigenvalue weighted by Crippen LogP contribution is 2.24. The first-order valence-electron chi connectivity index (χ1n) is 7.60. The fraction of sp³-hybridized carbons (Fsp3) is 1.00. The largest absolute Gasteiger partial charge is 0.329 e. The Balaban J connectivity index is 2.11. The van der Waals surface area contributed by atoms with Gasteiger partial charge in [-0.3, -0.25) is 0 Å². The van der Waals surface area contributed by atoms with E-state index < -0.39 is 10.2 Å². The van der Waals surface area contributed by atoms with Crippen LogP contribution in [0.1, 0.15) is 32.1 Å². The zero-order valence-electron chi connectivity index (χ0n) is 12.7. The number of nitrogens with zero attached hydrogens (tertiary/aromatic N) is 3. The van der Waals surface area contributed by atoms with E-state index in [1.54, 1.807) is 15.7 Å². The molecule has 0 bridgehead atoms. The molecule has 2 N–H and O–H groups in total. The minimum atomic E-state index is -3.39. The molecule has 20 heavy (non-hydrogen) atoms. The maximum atomic E-state index is 12.8. The van der Waals surface area contributed by atoms with Crippen LogP contribution in [0.5, 0.6) is 0 Å². The molecular formula is C13H28N4O2S. The summed E-state index contributed by atoms with van der Waals surface area (Å²) < 4.78 is 28.9. The first kappa shape index (κ1) is 16.2. The number of nitrogens with two attached hydrogens (primary N) is 1. The first-order valence-corrected chi connectivity index (χ1v) is 9.00. The minimum Gasteiger partial charge on any atom is -0.329 e. The van der Waals surface area contributed by atoms with Gasteiger partial charge < -0.3 is 10.6 Å². The lowest BCUT2D eigenvalue weighted by Gasteiger charge is -2.41. The highest BCUT2D eigenvalue weighted by molar-refractivity contribution is 7.86. The molecule has 0 aliphatic carbocycles. The number of likely N-dealkylation sites (N-methyl/N-ethyl adjacent to an activating group) is 2. The molecule has 0 aromatic heterocycles. The number of rotatable bonds is 4. The van der Waals surface area contributed by atoms with Gasteiger partial charge in [0, 0.05) is 38.8 Å². The lowest BCUT2D eigenvalue weighted by molar-refractivity contribution is 0.171. The van der Waals surface area contributed by atoms with E-state index in [9.17, 15) is 8.42 Å². The number of piperidine rings is 2.